The van der Waals surface area contributed by atoms with Crippen molar-refractivity contribution < 1.29 is 4.79 Å². The van der Waals surface area contributed by atoms with Gasteiger partial charge in [0.25, 0.3) is 0 Å². The lowest BCUT2D eigenvalue weighted by Crippen LogP contribution is -2.27. The third-order valence-electron chi connectivity index (χ3n) is 3.69. The van der Waals surface area contributed by atoms with E-state index in [0.717, 1.165) is 18.4 Å². The zero-order valence-corrected chi connectivity index (χ0v) is 12.3. The second-order valence-electron chi connectivity index (χ2n) is 5.30. The summed E-state index contributed by atoms with van der Waals surface area (Å²) >= 11 is 1.81. The molecule has 3 rings (SSSR count). The number of hydrogen-bond acceptors (Lipinski definition) is 3. The van der Waals surface area contributed by atoms with Crippen molar-refractivity contribution in [3.05, 3.63) is 52.0 Å². The summed E-state index contributed by atoms with van der Waals surface area (Å²) in [6, 6.07) is 8.25. The van der Waals surface area contributed by atoms with E-state index in [0.29, 0.717) is 12.5 Å². The van der Waals surface area contributed by atoms with Gasteiger partial charge in [0.05, 0.1) is 0 Å². The Labute approximate surface area is 123 Å². The van der Waals surface area contributed by atoms with Crippen LogP contribution in [-0.2, 0) is 11.2 Å². The quantitative estimate of drug-likeness (QED) is 0.918. The molecule has 2 aromatic heterocycles. The molecule has 1 fully saturated rings. The molecule has 2 aromatic rings. The second kappa shape index (κ2) is 5.75. The van der Waals surface area contributed by atoms with Crippen molar-refractivity contribution in [3.8, 4) is 0 Å². The highest BCUT2D eigenvalue weighted by atomic mass is 32.1. The Morgan fingerprint density at radius 3 is 3.05 bits per heavy atom. The number of aryl methyl sites for hydroxylation is 1. The van der Waals surface area contributed by atoms with Crippen molar-refractivity contribution in [2.45, 2.75) is 25.7 Å². The van der Waals surface area contributed by atoms with Crippen LogP contribution in [0.5, 0.6) is 0 Å². The van der Waals surface area contributed by atoms with Crippen molar-refractivity contribution in [1.29, 1.82) is 0 Å². The fraction of sp³-hybridized carbons (Fsp3) is 0.375. The Morgan fingerprint density at radius 2 is 2.35 bits per heavy atom. The van der Waals surface area contributed by atoms with E-state index >= 15 is 0 Å². The smallest absolute Gasteiger partial charge is 0.223 e. The maximum atomic E-state index is 12.1. The fourth-order valence-electron chi connectivity index (χ4n) is 2.46. The Balaban J connectivity index is 1.45. The number of nitrogens with zero attached hydrogens (tertiary/aromatic N) is 1. The highest BCUT2D eigenvalue weighted by Gasteiger charge is 2.44. The van der Waals surface area contributed by atoms with E-state index < -0.39 is 0 Å². The molecule has 2 atom stereocenters. The standard InChI is InChI=1S/C16H18N2OS/c1-11-4-5-15(20-11)13-9-14(13)16(19)18-8-6-12-3-2-7-17-10-12/h2-5,7,10,13-14H,6,8-9H2,1H3,(H,18,19). The van der Waals surface area contributed by atoms with Gasteiger partial charge >= 0.3 is 0 Å². The zero-order valence-electron chi connectivity index (χ0n) is 11.5. The van der Waals surface area contributed by atoms with E-state index in [-0.39, 0.29) is 11.8 Å². The number of amides is 1. The van der Waals surface area contributed by atoms with Gasteiger partial charge < -0.3 is 5.32 Å². The monoisotopic (exact) mass is 286 g/mol. The molecule has 1 aliphatic rings. The van der Waals surface area contributed by atoms with Gasteiger partial charge in [0.1, 0.15) is 0 Å². The third kappa shape index (κ3) is 3.07. The van der Waals surface area contributed by atoms with Crippen molar-refractivity contribution in [2.75, 3.05) is 6.54 Å². The minimum absolute atomic E-state index is 0.182. The van der Waals surface area contributed by atoms with Gasteiger partial charge in [0.2, 0.25) is 5.91 Å². The molecule has 1 N–H and O–H groups in total. The van der Waals surface area contributed by atoms with Crippen LogP contribution in [0.1, 0.15) is 27.7 Å². The first kappa shape index (κ1) is 13.3. The molecule has 1 saturated carbocycles. The minimum atomic E-state index is 0.182. The summed E-state index contributed by atoms with van der Waals surface area (Å²) < 4.78 is 0. The average Bonchev–Trinajstić information content (AvgIpc) is 3.15. The molecule has 0 aromatic carbocycles. The largest absolute Gasteiger partial charge is 0.356 e. The number of aromatic nitrogens is 1. The molecular weight excluding hydrogens is 268 g/mol. The maximum absolute atomic E-state index is 12.1. The maximum Gasteiger partial charge on any atom is 0.223 e. The lowest BCUT2D eigenvalue weighted by Gasteiger charge is -2.04. The number of rotatable bonds is 5. The van der Waals surface area contributed by atoms with E-state index in [1.54, 1.807) is 6.20 Å². The van der Waals surface area contributed by atoms with Gasteiger partial charge in [-0.05, 0) is 43.5 Å². The van der Waals surface area contributed by atoms with Crippen LogP contribution in [0.3, 0.4) is 0 Å². The van der Waals surface area contributed by atoms with Gasteiger partial charge in [-0.1, -0.05) is 6.07 Å². The molecule has 20 heavy (non-hydrogen) atoms. The zero-order chi connectivity index (χ0) is 13.9. The molecule has 0 spiro atoms. The number of hydrogen-bond donors (Lipinski definition) is 1. The molecule has 2 unspecified atom stereocenters. The summed E-state index contributed by atoms with van der Waals surface area (Å²) in [7, 11) is 0. The molecule has 0 bridgehead atoms. The summed E-state index contributed by atoms with van der Waals surface area (Å²) in [5, 5.41) is 3.04. The van der Waals surface area contributed by atoms with Gasteiger partial charge in [-0.15, -0.1) is 11.3 Å². The Kier molecular flexibility index (Phi) is 3.83. The number of pyridine rings is 1. The van der Waals surface area contributed by atoms with Crippen LogP contribution < -0.4 is 5.32 Å². The van der Waals surface area contributed by atoms with Crippen LogP contribution in [0.2, 0.25) is 0 Å². The van der Waals surface area contributed by atoms with Crippen LogP contribution in [0.4, 0.5) is 0 Å². The van der Waals surface area contributed by atoms with E-state index in [4.69, 9.17) is 0 Å². The number of nitrogens with one attached hydrogen (secondary N) is 1. The second-order valence-corrected chi connectivity index (χ2v) is 6.62. The van der Waals surface area contributed by atoms with Crippen LogP contribution >= 0.6 is 11.3 Å². The van der Waals surface area contributed by atoms with E-state index in [9.17, 15) is 4.79 Å². The fourth-order valence-corrected chi connectivity index (χ4v) is 3.51. The molecule has 0 radical (unpaired) electrons. The first-order valence-electron chi connectivity index (χ1n) is 6.97. The summed E-state index contributed by atoms with van der Waals surface area (Å²) in [5.74, 6) is 0.832. The predicted molar refractivity (Wildman–Crippen MR) is 80.9 cm³/mol. The summed E-state index contributed by atoms with van der Waals surface area (Å²) in [6.07, 6.45) is 5.45. The lowest BCUT2D eigenvalue weighted by molar-refractivity contribution is -0.122. The highest BCUT2D eigenvalue weighted by molar-refractivity contribution is 7.12. The topological polar surface area (TPSA) is 42.0 Å². The summed E-state index contributed by atoms with van der Waals surface area (Å²) in [4.78, 5) is 18.8. The van der Waals surface area contributed by atoms with Crippen molar-refractivity contribution in [2.24, 2.45) is 5.92 Å². The molecule has 1 amide bonds. The van der Waals surface area contributed by atoms with Gasteiger partial charge in [-0.2, -0.15) is 0 Å². The molecular formula is C16H18N2OS. The first-order valence-corrected chi connectivity index (χ1v) is 7.78. The van der Waals surface area contributed by atoms with Gasteiger partial charge in [-0.3, -0.25) is 9.78 Å². The van der Waals surface area contributed by atoms with Gasteiger partial charge in [0.15, 0.2) is 0 Å². The Bertz CT molecular complexity index is 594. The summed E-state index contributed by atoms with van der Waals surface area (Å²) in [5.41, 5.74) is 1.16. The number of thiophene rings is 1. The van der Waals surface area contributed by atoms with Gasteiger partial charge in [-0.25, -0.2) is 0 Å². The molecule has 3 nitrogen and oxygen atoms in total. The molecule has 1 aliphatic carbocycles. The van der Waals surface area contributed by atoms with E-state index in [1.165, 1.54) is 9.75 Å². The molecule has 4 heteroatoms. The van der Waals surface area contributed by atoms with Crippen LogP contribution in [0, 0.1) is 12.8 Å². The van der Waals surface area contributed by atoms with Crippen molar-refractivity contribution in [1.82, 2.24) is 10.3 Å². The van der Waals surface area contributed by atoms with Crippen LogP contribution in [0.25, 0.3) is 0 Å². The van der Waals surface area contributed by atoms with Crippen LogP contribution in [0.15, 0.2) is 36.7 Å². The van der Waals surface area contributed by atoms with Crippen molar-refractivity contribution in [3.63, 3.8) is 0 Å². The number of carbonyl (C=O) groups excluding carboxylic acids is 1. The SMILES string of the molecule is Cc1ccc(C2CC2C(=O)NCCc2cccnc2)s1. The normalized spacial score (nSPS) is 20.6. The lowest BCUT2D eigenvalue weighted by atomic mass is 10.2. The van der Waals surface area contributed by atoms with E-state index in [2.05, 4.69) is 29.4 Å². The highest BCUT2D eigenvalue weighted by Crippen LogP contribution is 2.49. The summed E-state index contributed by atoms with van der Waals surface area (Å²) in [6.45, 7) is 2.80. The van der Waals surface area contributed by atoms with Crippen molar-refractivity contribution >= 4 is 17.2 Å². The van der Waals surface area contributed by atoms with Crippen LogP contribution in [-0.4, -0.2) is 17.4 Å². The van der Waals surface area contributed by atoms with E-state index in [1.807, 2.05) is 29.7 Å². The molecule has 0 saturated heterocycles. The number of carbonyl (C=O) groups is 1. The predicted octanol–water partition coefficient (Wildman–Crippen LogP) is 2.91. The molecule has 2 heterocycles. The molecule has 0 aliphatic heterocycles. The third-order valence-corrected chi connectivity index (χ3v) is 4.82. The molecule has 104 valence electrons. The average molecular weight is 286 g/mol. The first-order chi connectivity index (χ1) is 9.74. The minimum Gasteiger partial charge on any atom is -0.356 e. The van der Waals surface area contributed by atoms with Gasteiger partial charge in [0, 0.05) is 40.5 Å². The Morgan fingerprint density at radius 1 is 1.45 bits per heavy atom. The Hall–Kier alpha value is -1.68.